The van der Waals surface area contributed by atoms with E-state index in [4.69, 9.17) is 16.3 Å². The molecule has 1 aliphatic heterocycles. The molecule has 1 aliphatic carbocycles. The number of methoxy groups -OCH3 is 1. The van der Waals surface area contributed by atoms with Gasteiger partial charge in [0.05, 0.1) is 23.2 Å². The van der Waals surface area contributed by atoms with Gasteiger partial charge in [-0.1, -0.05) is 18.0 Å². The predicted octanol–water partition coefficient (Wildman–Crippen LogP) is 3.38. The topological polar surface area (TPSA) is 78.9 Å². The summed E-state index contributed by atoms with van der Waals surface area (Å²) in [5.41, 5.74) is 0.579. The molecule has 130 valence electrons. The van der Waals surface area contributed by atoms with Crippen molar-refractivity contribution in [3.8, 4) is 5.75 Å². The van der Waals surface area contributed by atoms with Crippen molar-refractivity contribution in [3.63, 3.8) is 0 Å². The third-order valence-electron chi connectivity index (χ3n) is 5.31. The maximum Gasteiger partial charge on any atom is 0.321 e. The summed E-state index contributed by atoms with van der Waals surface area (Å²) in [6.07, 6.45) is 2.41. The first-order chi connectivity index (χ1) is 11.4. The minimum Gasteiger partial charge on any atom is -0.496 e. The molecule has 24 heavy (non-hydrogen) atoms. The fourth-order valence-electron chi connectivity index (χ4n) is 3.97. The van der Waals surface area contributed by atoms with Crippen LogP contribution < -0.4 is 10.1 Å². The van der Waals surface area contributed by atoms with Crippen LogP contribution in [0.1, 0.15) is 24.8 Å². The standard InChI is InChI=1S/C17H21ClN2O4/c1-10-6-13(12(18)7-14(10)24-2)19-16(23)20-8-11-4-3-5-17(11,9-20)15(21)22/h6-7,11H,3-5,8-9H2,1-2H3,(H,19,23)(H,21,22)/t11-,17+/m0/s1. The lowest BCUT2D eigenvalue weighted by molar-refractivity contribution is -0.149. The van der Waals surface area contributed by atoms with Crippen LogP contribution in [-0.2, 0) is 4.79 Å². The van der Waals surface area contributed by atoms with Crippen molar-refractivity contribution >= 4 is 29.3 Å². The number of fused-ring (bicyclic) bond motifs is 1. The summed E-state index contributed by atoms with van der Waals surface area (Å²) < 4.78 is 5.20. The van der Waals surface area contributed by atoms with Gasteiger partial charge in [-0.3, -0.25) is 4.79 Å². The number of ether oxygens (including phenoxy) is 1. The van der Waals surface area contributed by atoms with Crippen molar-refractivity contribution in [1.29, 1.82) is 0 Å². The number of benzene rings is 1. The van der Waals surface area contributed by atoms with Crippen LogP contribution in [0.3, 0.4) is 0 Å². The van der Waals surface area contributed by atoms with Gasteiger partial charge in [-0.25, -0.2) is 4.79 Å². The highest BCUT2D eigenvalue weighted by Crippen LogP contribution is 2.49. The van der Waals surface area contributed by atoms with Gasteiger partial charge in [0.15, 0.2) is 0 Å². The number of carbonyl (C=O) groups is 2. The van der Waals surface area contributed by atoms with Gasteiger partial charge >= 0.3 is 12.0 Å². The normalized spacial score (nSPS) is 25.5. The van der Waals surface area contributed by atoms with Crippen LogP contribution in [0.4, 0.5) is 10.5 Å². The van der Waals surface area contributed by atoms with E-state index in [0.717, 1.165) is 18.4 Å². The molecule has 1 aromatic rings. The number of aliphatic carboxylic acids is 1. The second-order valence-electron chi connectivity index (χ2n) is 6.66. The summed E-state index contributed by atoms with van der Waals surface area (Å²) in [6, 6.07) is 3.10. The molecule has 2 aliphatic rings. The Bertz CT molecular complexity index is 693. The van der Waals surface area contributed by atoms with Gasteiger partial charge in [0.25, 0.3) is 0 Å². The monoisotopic (exact) mass is 352 g/mol. The summed E-state index contributed by atoms with van der Waals surface area (Å²) in [7, 11) is 1.56. The Balaban J connectivity index is 1.75. The smallest absolute Gasteiger partial charge is 0.321 e. The van der Waals surface area contributed by atoms with Crippen molar-refractivity contribution in [2.75, 3.05) is 25.5 Å². The summed E-state index contributed by atoms with van der Waals surface area (Å²) in [5, 5.41) is 12.8. The number of carboxylic acids is 1. The Morgan fingerprint density at radius 2 is 2.21 bits per heavy atom. The minimum atomic E-state index is -0.793. The first-order valence-electron chi connectivity index (χ1n) is 8.01. The molecule has 6 nitrogen and oxygen atoms in total. The van der Waals surface area contributed by atoms with E-state index in [1.165, 1.54) is 0 Å². The summed E-state index contributed by atoms with van der Waals surface area (Å²) in [6.45, 7) is 2.60. The lowest BCUT2D eigenvalue weighted by atomic mass is 9.81. The predicted molar refractivity (Wildman–Crippen MR) is 90.7 cm³/mol. The molecular formula is C17H21ClN2O4. The minimum absolute atomic E-state index is 0.0359. The van der Waals surface area contributed by atoms with E-state index in [-0.39, 0.29) is 18.5 Å². The molecule has 1 saturated heterocycles. The second-order valence-corrected chi connectivity index (χ2v) is 7.07. The van der Waals surface area contributed by atoms with Gasteiger partial charge in [0.1, 0.15) is 5.75 Å². The highest BCUT2D eigenvalue weighted by Gasteiger charge is 2.55. The van der Waals surface area contributed by atoms with Gasteiger partial charge in [0.2, 0.25) is 0 Å². The van der Waals surface area contributed by atoms with E-state index < -0.39 is 11.4 Å². The van der Waals surface area contributed by atoms with Crippen LogP contribution in [-0.4, -0.2) is 42.2 Å². The number of aryl methyl sites for hydroxylation is 1. The van der Waals surface area contributed by atoms with Crippen LogP contribution in [0, 0.1) is 18.3 Å². The quantitative estimate of drug-likeness (QED) is 0.874. The second kappa shape index (κ2) is 6.16. The number of halogens is 1. The molecule has 2 amide bonds. The molecule has 2 fully saturated rings. The molecule has 3 rings (SSSR count). The van der Waals surface area contributed by atoms with Crippen molar-refractivity contribution < 1.29 is 19.4 Å². The Morgan fingerprint density at radius 3 is 2.83 bits per heavy atom. The van der Waals surface area contributed by atoms with E-state index in [2.05, 4.69) is 5.32 Å². The lowest BCUT2D eigenvalue weighted by Gasteiger charge is -2.23. The number of nitrogens with zero attached hydrogens (tertiary/aromatic N) is 1. The molecule has 0 unspecified atom stereocenters. The number of hydrogen-bond acceptors (Lipinski definition) is 3. The average Bonchev–Trinajstić information content (AvgIpc) is 3.08. The molecule has 1 heterocycles. The van der Waals surface area contributed by atoms with E-state index >= 15 is 0 Å². The zero-order valence-electron chi connectivity index (χ0n) is 13.8. The Hall–Kier alpha value is -1.95. The number of likely N-dealkylation sites (tertiary alicyclic amines) is 1. The highest BCUT2D eigenvalue weighted by atomic mass is 35.5. The van der Waals surface area contributed by atoms with Crippen molar-refractivity contribution in [2.24, 2.45) is 11.3 Å². The Morgan fingerprint density at radius 1 is 1.46 bits per heavy atom. The molecule has 2 atom stereocenters. The van der Waals surface area contributed by atoms with Crippen LogP contribution in [0.2, 0.25) is 5.02 Å². The van der Waals surface area contributed by atoms with E-state index in [1.807, 2.05) is 6.92 Å². The van der Waals surface area contributed by atoms with Crippen molar-refractivity contribution in [1.82, 2.24) is 4.90 Å². The average molecular weight is 353 g/mol. The van der Waals surface area contributed by atoms with Crippen LogP contribution in [0.15, 0.2) is 12.1 Å². The SMILES string of the molecule is COc1cc(Cl)c(NC(=O)N2C[C@@H]3CCC[C@@]3(C(=O)O)C2)cc1C. The molecule has 1 aromatic carbocycles. The lowest BCUT2D eigenvalue weighted by Crippen LogP contribution is -2.38. The van der Waals surface area contributed by atoms with Crippen molar-refractivity contribution in [3.05, 3.63) is 22.7 Å². The van der Waals surface area contributed by atoms with Gasteiger partial charge in [-0.2, -0.15) is 0 Å². The molecule has 0 radical (unpaired) electrons. The number of carboxylic acid groups (broad SMARTS) is 1. The Labute approximate surface area is 145 Å². The number of anilines is 1. The van der Waals surface area contributed by atoms with Gasteiger partial charge < -0.3 is 20.1 Å². The summed E-state index contributed by atoms with van der Waals surface area (Å²) >= 11 is 6.20. The number of hydrogen-bond donors (Lipinski definition) is 2. The molecular weight excluding hydrogens is 332 g/mol. The molecule has 0 spiro atoms. The number of urea groups is 1. The first-order valence-corrected chi connectivity index (χ1v) is 8.38. The molecule has 2 N–H and O–H groups in total. The van der Waals surface area contributed by atoms with Gasteiger partial charge in [-0.05, 0) is 37.3 Å². The van der Waals surface area contributed by atoms with E-state index in [1.54, 1.807) is 24.1 Å². The Kier molecular flexibility index (Phi) is 4.34. The van der Waals surface area contributed by atoms with E-state index in [0.29, 0.717) is 29.4 Å². The number of rotatable bonds is 3. The van der Waals surface area contributed by atoms with Gasteiger partial charge in [0, 0.05) is 19.2 Å². The fourth-order valence-corrected chi connectivity index (χ4v) is 4.17. The van der Waals surface area contributed by atoms with E-state index in [9.17, 15) is 14.7 Å². The summed E-state index contributed by atoms with van der Waals surface area (Å²) in [4.78, 5) is 25.9. The fraction of sp³-hybridized carbons (Fsp3) is 0.529. The highest BCUT2D eigenvalue weighted by molar-refractivity contribution is 6.33. The van der Waals surface area contributed by atoms with Crippen LogP contribution >= 0.6 is 11.6 Å². The molecule has 7 heteroatoms. The zero-order valence-corrected chi connectivity index (χ0v) is 14.5. The van der Waals surface area contributed by atoms with Gasteiger partial charge in [-0.15, -0.1) is 0 Å². The third-order valence-corrected chi connectivity index (χ3v) is 5.62. The first kappa shape index (κ1) is 16.9. The number of nitrogens with one attached hydrogen (secondary N) is 1. The maximum absolute atomic E-state index is 12.6. The largest absolute Gasteiger partial charge is 0.496 e. The van der Waals surface area contributed by atoms with Crippen molar-refractivity contribution in [2.45, 2.75) is 26.2 Å². The third kappa shape index (κ3) is 2.69. The summed E-state index contributed by atoms with van der Waals surface area (Å²) in [5.74, 6) is -0.106. The molecule has 0 aromatic heterocycles. The zero-order chi connectivity index (χ0) is 17.5. The maximum atomic E-state index is 12.6. The van der Waals surface area contributed by atoms with Crippen LogP contribution in [0.5, 0.6) is 5.75 Å². The number of carbonyl (C=O) groups excluding carboxylic acids is 1. The molecule has 1 saturated carbocycles. The number of amides is 2. The molecule has 0 bridgehead atoms. The van der Waals surface area contributed by atoms with Crippen LogP contribution in [0.25, 0.3) is 0 Å².